The van der Waals surface area contributed by atoms with Crippen LogP contribution in [0.3, 0.4) is 0 Å². The van der Waals surface area contributed by atoms with Crippen LogP contribution in [0.15, 0.2) is 17.9 Å². The number of thiazole rings is 1. The van der Waals surface area contributed by atoms with Crippen LogP contribution in [0.25, 0.3) is 10.2 Å². The van der Waals surface area contributed by atoms with Crippen LogP contribution in [0.4, 0.5) is 0 Å². The maximum atomic E-state index is 4.19. The van der Waals surface area contributed by atoms with Gasteiger partial charge in [0.25, 0.3) is 0 Å². The van der Waals surface area contributed by atoms with Crippen molar-refractivity contribution in [3.8, 4) is 0 Å². The van der Waals surface area contributed by atoms with Gasteiger partial charge in [-0.3, -0.25) is 4.98 Å². The lowest BCUT2D eigenvalue weighted by Crippen LogP contribution is -1.76. The molecule has 0 aliphatic carbocycles. The highest BCUT2D eigenvalue weighted by Gasteiger charge is 1.98. The van der Waals surface area contributed by atoms with E-state index in [0.717, 1.165) is 13.8 Å². The fourth-order valence-electron chi connectivity index (χ4n) is 0.758. The Bertz CT molecular complexity index is 357. The number of fused-ring (bicyclic) bond motifs is 1. The van der Waals surface area contributed by atoms with Gasteiger partial charge in [0.05, 0.1) is 19.3 Å². The summed E-state index contributed by atoms with van der Waals surface area (Å²) in [5, 5.41) is 0. The lowest BCUT2D eigenvalue weighted by Gasteiger charge is -1.87. The third-order valence-electron chi connectivity index (χ3n) is 1.20. The quantitative estimate of drug-likeness (QED) is 0.681. The van der Waals surface area contributed by atoms with E-state index in [0.29, 0.717) is 0 Å². The van der Waals surface area contributed by atoms with E-state index in [-0.39, 0.29) is 0 Å². The van der Waals surface area contributed by atoms with E-state index in [1.807, 2.05) is 17.9 Å². The fraction of sp³-hybridized carbons (Fsp3) is 0. The summed E-state index contributed by atoms with van der Waals surface area (Å²) in [4.78, 5) is 8.24. The van der Waals surface area contributed by atoms with Crippen molar-refractivity contribution in [3.05, 3.63) is 21.5 Å². The van der Waals surface area contributed by atoms with Gasteiger partial charge in [0.15, 0.2) is 0 Å². The molecule has 2 aromatic heterocycles. The van der Waals surface area contributed by atoms with Gasteiger partial charge >= 0.3 is 0 Å². The van der Waals surface area contributed by atoms with Gasteiger partial charge in [-0.25, -0.2) is 4.98 Å². The third-order valence-corrected chi connectivity index (χ3v) is 2.75. The molecule has 10 heavy (non-hydrogen) atoms. The van der Waals surface area contributed by atoms with Gasteiger partial charge < -0.3 is 0 Å². The lowest BCUT2D eigenvalue weighted by atomic mass is 10.4. The summed E-state index contributed by atoms with van der Waals surface area (Å²) >= 11 is 3.86. The molecule has 0 N–H and O–H groups in total. The van der Waals surface area contributed by atoms with E-state index in [4.69, 9.17) is 0 Å². The van der Waals surface area contributed by atoms with E-state index in [2.05, 4.69) is 32.6 Å². The Morgan fingerprint density at radius 1 is 1.40 bits per heavy atom. The highest BCUT2D eigenvalue weighted by Crippen LogP contribution is 2.20. The van der Waals surface area contributed by atoms with Crippen molar-refractivity contribution >= 4 is 44.1 Å². The normalized spacial score (nSPS) is 10.5. The van der Waals surface area contributed by atoms with Crippen molar-refractivity contribution in [2.75, 3.05) is 0 Å². The molecule has 2 heterocycles. The van der Waals surface area contributed by atoms with Gasteiger partial charge in [0.2, 0.25) is 0 Å². The Hall–Kier alpha value is -0.230. The summed E-state index contributed by atoms with van der Waals surface area (Å²) in [5.41, 5.74) is 2.91. The Labute approximate surface area is 75.5 Å². The highest BCUT2D eigenvalue weighted by molar-refractivity contribution is 14.1. The average molecular weight is 262 g/mol. The Morgan fingerprint density at radius 3 is 3.10 bits per heavy atom. The summed E-state index contributed by atoms with van der Waals surface area (Å²) in [5.74, 6) is 0. The van der Waals surface area contributed by atoms with E-state index < -0.39 is 0 Å². The molecule has 0 amide bonds. The number of rotatable bonds is 0. The van der Waals surface area contributed by atoms with E-state index in [1.165, 1.54) is 0 Å². The topological polar surface area (TPSA) is 25.8 Å². The predicted molar refractivity (Wildman–Crippen MR) is 50.1 cm³/mol. The molecule has 0 saturated carbocycles. The minimum Gasteiger partial charge on any atom is -0.262 e. The molecule has 0 spiro atoms. The molecule has 0 bridgehead atoms. The molecule has 2 rings (SSSR count). The molecular weight excluding hydrogens is 259 g/mol. The lowest BCUT2D eigenvalue weighted by molar-refractivity contribution is 1.33. The molecule has 0 saturated heterocycles. The third kappa shape index (κ3) is 0.911. The number of nitrogens with zero attached hydrogens (tertiary/aromatic N) is 2. The zero-order valence-electron chi connectivity index (χ0n) is 4.91. The van der Waals surface area contributed by atoms with Crippen molar-refractivity contribution in [1.29, 1.82) is 0 Å². The summed E-state index contributed by atoms with van der Waals surface area (Å²) < 4.78 is 2.28. The first-order valence-corrected chi connectivity index (χ1v) is 4.66. The smallest absolute Gasteiger partial charge is 0.0976 e. The number of hydrogen-bond acceptors (Lipinski definition) is 3. The first-order chi connectivity index (χ1) is 4.88. The van der Waals surface area contributed by atoms with Crippen molar-refractivity contribution < 1.29 is 0 Å². The number of aromatic nitrogens is 2. The van der Waals surface area contributed by atoms with Crippen molar-refractivity contribution in [2.24, 2.45) is 0 Å². The molecule has 0 radical (unpaired) electrons. The van der Waals surface area contributed by atoms with E-state index in [1.54, 1.807) is 11.3 Å². The molecule has 0 aliphatic heterocycles. The second-order valence-corrected chi connectivity index (χ2v) is 3.87. The van der Waals surface area contributed by atoms with Crippen LogP contribution in [0, 0.1) is 3.57 Å². The van der Waals surface area contributed by atoms with Gasteiger partial charge in [-0.2, -0.15) is 0 Å². The summed E-state index contributed by atoms with van der Waals surface area (Å²) in [6, 6.07) is 0. The maximum absolute atomic E-state index is 4.19. The molecule has 0 fully saturated rings. The molecular formula is C6H3IN2S. The summed E-state index contributed by atoms with van der Waals surface area (Å²) in [6.07, 6.45) is 3.66. The van der Waals surface area contributed by atoms with Crippen molar-refractivity contribution in [1.82, 2.24) is 9.97 Å². The Balaban J connectivity index is 2.95. The van der Waals surface area contributed by atoms with E-state index in [9.17, 15) is 0 Å². The molecule has 2 nitrogen and oxygen atoms in total. The second kappa shape index (κ2) is 2.43. The first kappa shape index (κ1) is 6.48. The first-order valence-electron chi connectivity index (χ1n) is 2.70. The van der Waals surface area contributed by atoms with Crippen molar-refractivity contribution in [2.45, 2.75) is 0 Å². The van der Waals surface area contributed by atoms with Gasteiger partial charge in [-0.1, -0.05) is 0 Å². The second-order valence-electron chi connectivity index (χ2n) is 1.82. The van der Waals surface area contributed by atoms with Gasteiger partial charge in [-0.05, 0) is 22.6 Å². The highest BCUT2D eigenvalue weighted by atomic mass is 127. The van der Waals surface area contributed by atoms with Crippen LogP contribution in [-0.4, -0.2) is 9.97 Å². The van der Waals surface area contributed by atoms with Crippen LogP contribution in [0.5, 0.6) is 0 Å². The van der Waals surface area contributed by atoms with Gasteiger partial charge in [-0.15, -0.1) is 11.3 Å². The Morgan fingerprint density at radius 2 is 2.30 bits per heavy atom. The zero-order valence-corrected chi connectivity index (χ0v) is 7.89. The molecule has 0 aliphatic rings. The minimum absolute atomic E-state index is 1.07. The number of pyridine rings is 1. The van der Waals surface area contributed by atoms with Gasteiger partial charge in [0, 0.05) is 12.4 Å². The van der Waals surface area contributed by atoms with Gasteiger partial charge in [0.1, 0.15) is 0 Å². The van der Waals surface area contributed by atoms with Crippen LogP contribution in [-0.2, 0) is 0 Å². The average Bonchev–Trinajstić information content (AvgIpc) is 2.36. The predicted octanol–water partition coefficient (Wildman–Crippen LogP) is 2.30. The molecule has 2 aromatic rings. The molecule has 50 valence electrons. The zero-order chi connectivity index (χ0) is 6.97. The molecule has 4 heteroatoms. The molecule has 0 unspecified atom stereocenters. The van der Waals surface area contributed by atoms with Crippen molar-refractivity contribution in [3.63, 3.8) is 0 Å². The fourth-order valence-corrected chi connectivity index (χ4v) is 2.20. The standard InChI is InChI=1S/C6H3IN2S/c7-4-1-8-2-5-6(4)9-3-10-5/h1-3H. The number of halogens is 1. The van der Waals surface area contributed by atoms with Crippen LogP contribution in [0.2, 0.25) is 0 Å². The SMILES string of the molecule is Ic1cncc2scnc12. The minimum atomic E-state index is 1.07. The number of hydrogen-bond donors (Lipinski definition) is 0. The largest absolute Gasteiger partial charge is 0.262 e. The molecule has 0 atom stereocenters. The monoisotopic (exact) mass is 262 g/mol. The van der Waals surface area contributed by atoms with Crippen LogP contribution < -0.4 is 0 Å². The maximum Gasteiger partial charge on any atom is 0.0976 e. The van der Waals surface area contributed by atoms with E-state index >= 15 is 0 Å². The molecule has 0 aromatic carbocycles. The summed E-state index contributed by atoms with van der Waals surface area (Å²) in [6.45, 7) is 0. The van der Waals surface area contributed by atoms with Crippen LogP contribution in [0.1, 0.15) is 0 Å². The van der Waals surface area contributed by atoms with Crippen LogP contribution >= 0.6 is 33.9 Å². The Kier molecular flexibility index (Phi) is 1.57. The summed E-state index contributed by atoms with van der Waals surface area (Å²) in [7, 11) is 0.